The van der Waals surface area contributed by atoms with Crippen molar-refractivity contribution in [1.82, 2.24) is 27.9 Å². The van der Waals surface area contributed by atoms with Crippen molar-refractivity contribution in [3.05, 3.63) is 66.2 Å². The topological polar surface area (TPSA) is 97.9 Å². The van der Waals surface area contributed by atoms with Gasteiger partial charge in [-0.15, -0.1) is 0 Å². The lowest BCUT2D eigenvalue weighted by atomic mass is 9.48. The molecule has 162 valence electrons. The van der Waals surface area contributed by atoms with E-state index in [0.29, 0.717) is 6.42 Å². The van der Waals surface area contributed by atoms with Crippen LogP contribution in [-0.2, 0) is 36.3 Å². The predicted octanol–water partition coefficient (Wildman–Crippen LogP) is -0.885. The van der Waals surface area contributed by atoms with E-state index in [9.17, 15) is 19.2 Å². The fourth-order valence-corrected chi connectivity index (χ4v) is 8.75. The molecule has 4 aliphatic heterocycles. The highest BCUT2D eigenvalue weighted by Gasteiger charge is 2.97. The van der Waals surface area contributed by atoms with E-state index in [1.54, 1.807) is 18.7 Å². The molecule has 10 nitrogen and oxygen atoms in total. The number of rotatable bonds is 0. The van der Waals surface area contributed by atoms with Crippen molar-refractivity contribution in [3.63, 3.8) is 0 Å². The minimum Gasteiger partial charge on any atom is -0.246 e. The van der Waals surface area contributed by atoms with Gasteiger partial charge in [0.15, 0.2) is 0 Å². The Labute approximate surface area is 175 Å². The first-order valence-corrected chi connectivity index (χ1v) is 10.6. The van der Waals surface area contributed by atoms with Crippen LogP contribution in [0.15, 0.2) is 43.5 Å². The molecule has 0 amide bonds. The molecular formula is C21H24N6O4. The molecule has 10 heteroatoms. The lowest BCUT2D eigenvalue weighted by Gasteiger charge is -2.68. The minimum atomic E-state index is -0.848. The Bertz CT molecular complexity index is 1380. The van der Waals surface area contributed by atoms with Gasteiger partial charge in [-0.25, -0.2) is 47.0 Å². The van der Waals surface area contributed by atoms with E-state index in [2.05, 4.69) is 0 Å². The van der Waals surface area contributed by atoms with Gasteiger partial charge in [-0.1, -0.05) is 24.3 Å². The summed E-state index contributed by atoms with van der Waals surface area (Å²) in [5.41, 5.74) is -5.97. The first-order valence-electron chi connectivity index (χ1n) is 10.6. The van der Waals surface area contributed by atoms with E-state index in [1.165, 1.54) is 14.1 Å². The molecule has 4 bridgehead atoms. The summed E-state index contributed by atoms with van der Waals surface area (Å²) in [7, 11) is 3.00. The molecule has 6 atom stereocenters. The Balaban J connectivity index is 1.76. The zero-order valence-corrected chi connectivity index (χ0v) is 18.3. The van der Waals surface area contributed by atoms with Crippen molar-refractivity contribution < 1.29 is 0 Å². The molecule has 2 aromatic heterocycles. The maximum atomic E-state index is 13.3. The second-order valence-electron chi connectivity index (χ2n) is 10.7. The van der Waals surface area contributed by atoms with Crippen molar-refractivity contribution in [3.8, 4) is 0 Å². The number of aromatic nitrogens is 6. The molecule has 0 aromatic carbocycles. The largest absolute Gasteiger partial charge is 0.347 e. The standard InChI is InChI=1S/C21H24N6O4/c1-16-7-8-18(3,25-13(29)22(5)12(28)24(16)25)21-11-20(16,21)17(2)9-10-19(21,4)27-15(31)23(6)14(30)26(17)27/h7-10H,11H2,1-6H3/t16-,17+,18+,19-,20?,21?. The van der Waals surface area contributed by atoms with Crippen molar-refractivity contribution in [2.45, 2.75) is 56.3 Å². The minimum absolute atomic E-state index is 0.366. The maximum Gasteiger partial charge on any atom is 0.347 e. The average molecular weight is 424 g/mol. The second kappa shape index (κ2) is 3.93. The molecule has 1 fully saturated rings. The van der Waals surface area contributed by atoms with Crippen LogP contribution in [0.2, 0.25) is 0 Å². The van der Waals surface area contributed by atoms with Gasteiger partial charge >= 0.3 is 22.8 Å². The summed E-state index contributed by atoms with van der Waals surface area (Å²) in [6, 6.07) is 0. The first-order chi connectivity index (χ1) is 14.3. The smallest absolute Gasteiger partial charge is 0.246 e. The van der Waals surface area contributed by atoms with Crippen molar-refractivity contribution >= 4 is 0 Å². The van der Waals surface area contributed by atoms with Crippen LogP contribution in [-0.4, -0.2) is 27.9 Å². The summed E-state index contributed by atoms with van der Waals surface area (Å²) in [4.78, 5) is 53.2. The van der Waals surface area contributed by atoms with E-state index in [0.717, 1.165) is 9.13 Å². The molecular weight excluding hydrogens is 400 g/mol. The Morgan fingerprint density at radius 3 is 1.00 bits per heavy atom. The Morgan fingerprint density at radius 1 is 0.548 bits per heavy atom. The highest BCUT2D eigenvalue weighted by Crippen LogP contribution is 2.92. The zero-order chi connectivity index (χ0) is 22.3. The van der Waals surface area contributed by atoms with Crippen LogP contribution in [0.5, 0.6) is 0 Å². The Morgan fingerprint density at radius 2 is 0.774 bits per heavy atom. The second-order valence-corrected chi connectivity index (χ2v) is 10.7. The number of hydrogen-bond donors (Lipinski definition) is 0. The van der Waals surface area contributed by atoms with Gasteiger partial charge in [-0.2, -0.15) is 0 Å². The Kier molecular flexibility index (Phi) is 2.24. The third-order valence-corrected chi connectivity index (χ3v) is 10.1. The molecule has 0 saturated heterocycles. The number of nitrogens with zero attached hydrogens (tertiary/aromatic N) is 6. The number of allylic oxidation sites excluding steroid dienone is 4. The van der Waals surface area contributed by atoms with E-state index < -0.39 is 33.0 Å². The van der Waals surface area contributed by atoms with Gasteiger partial charge < -0.3 is 0 Å². The molecule has 9 rings (SSSR count). The Hall–Kier alpha value is -3.04. The highest BCUT2D eigenvalue weighted by molar-refractivity contribution is 5.55. The zero-order valence-electron chi connectivity index (χ0n) is 18.3. The van der Waals surface area contributed by atoms with Crippen molar-refractivity contribution in [1.29, 1.82) is 0 Å². The van der Waals surface area contributed by atoms with Gasteiger partial charge in [0, 0.05) is 24.9 Å². The molecule has 2 aromatic rings. The highest BCUT2D eigenvalue weighted by atomic mass is 16.2. The van der Waals surface area contributed by atoms with E-state index in [-0.39, 0.29) is 22.8 Å². The molecule has 3 aliphatic carbocycles. The van der Waals surface area contributed by atoms with Crippen LogP contribution in [0.3, 0.4) is 0 Å². The SMILES string of the molecule is Cn1c(=O)n2n(c1=O)[C@@]1(C)C=C[C@]2(C)C23CC21[C@@]1(C)C=C[C@]3(C)n2c(=O)n(C)c(=O)n21. The van der Waals surface area contributed by atoms with Gasteiger partial charge in [0.05, 0.1) is 22.2 Å². The summed E-state index contributed by atoms with van der Waals surface area (Å²) < 4.78 is 8.69. The molecule has 2 unspecified atom stereocenters. The normalized spacial score (nSPS) is 46.6. The monoisotopic (exact) mass is 424 g/mol. The van der Waals surface area contributed by atoms with Gasteiger partial charge in [0.1, 0.15) is 0 Å². The third kappa shape index (κ3) is 1.09. The summed E-state index contributed by atoms with van der Waals surface area (Å²) in [5, 5.41) is 0. The lowest BCUT2D eigenvalue weighted by Crippen LogP contribution is -2.79. The van der Waals surface area contributed by atoms with Crippen LogP contribution < -0.4 is 22.8 Å². The molecule has 0 N–H and O–H groups in total. The van der Waals surface area contributed by atoms with Crippen LogP contribution in [0.1, 0.15) is 34.1 Å². The van der Waals surface area contributed by atoms with E-state index in [4.69, 9.17) is 0 Å². The fourth-order valence-electron chi connectivity index (χ4n) is 8.75. The fraction of sp³-hybridized carbons (Fsp3) is 0.619. The molecule has 7 aliphatic rings. The maximum absolute atomic E-state index is 13.3. The molecule has 0 radical (unpaired) electrons. The van der Waals surface area contributed by atoms with Crippen molar-refractivity contribution in [2.24, 2.45) is 24.9 Å². The van der Waals surface area contributed by atoms with Crippen LogP contribution in [0.4, 0.5) is 0 Å². The van der Waals surface area contributed by atoms with Gasteiger partial charge in [0.25, 0.3) is 0 Å². The first kappa shape index (κ1) is 17.6. The average Bonchev–Trinajstić information content (AvgIpc) is 3.40. The summed E-state index contributed by atoms with van der Waals surface area (Å²) in [5.74, 6) is 0. The van der Waals surface area contributed by atoms with Crippen LogP contribution in [0.25, 0.3) is 0 Å². The molecule has 31 heavy (non-hydrogen) atoms. The van der Waals surface area contributed by atoms with E-state index >= 15 is 0 Å². The number of hydrogen-bond acceptors (Lipinski definition) is 4. The molecule has 1 saturated carbocycles. The van der Waals surface area contributed by atoms with Crippen LogP contribution in [0, 0.1) is 10.8 Å². The third-order valence-electron chi connectivity index (χ3n) is 10.1. The quantitative estimate of drug-likeness (QED) is 0.513. The summed E-state index contributed by atoms with van der Waals surface area (Å²) >= 11 is 0. The molecule has 0 spiro atoms. The molecule has 6 heterocycles. The summed E-state index contributed by atoms with van der Waals surface area (Å²) in [6.07, 6.45) is 8.84. The van der Waals surface area contributed by atoms with Gasteiger partial charge in [-0.3, -0.25) is 0 Å². The van der Waals surface area contributed by atoms with Gasteiger partial charge in [-0.05, 0) is 34.1 Å². The predicted molar refractivity (Wildman–Crippen MR) is 110 cm³/mol. The van der Waals surface area contributed by atoms with Crippen LogP contribution >= 0.6 is 0 Å². The van der Waals surface area contributed by atoms with E-state index in [1.807, 2.05) is 52.0 Å². The van der Waals surface area contributed by atoms with Gasteiger partial charge in [0.2, 0.25) is 0 Å². The van der Waals surface area contributed by atoms with Crippen molar-refractivity contribution in [2.75, 3.05) is 0 Å². The lowest BCUT2D eigenvalue weighted by molar-refractivity contribution is -0.152. The summed E-state index contributed by atoms with van der Waals surface area (Å²) in [6.45, 7) is 7.95.